The van der Waals surface area contributed by atoms with E-state index < -0.39 is 124 Å². The lowest BCUT2D eigenvalue weighted by Gasteiger charge is -2.31. The molecular formula is C33H28O16. The monoisotopic (exact) mass is 680 g/mol. The summed E-state index contributed by atoms with van der Waals surface area (Å²) in [5, 5.41) is 79.7. The average molecular weight is 681 g/mol. The molecule has 49 heavy (non-hydrogen) atoms. The Kier molecular flexibility index (Phi) is 10.5. The van der Waals surface area contributed by atoms with E-state index in [9.17, 15) is 60.0 Å². The van der Waals surface area contributed by atoms with Crippen molar-refractivity contribution >= 4 is 23.9 Å². The van der Waals surface area contributed by atoms with Gasteiger partial charge in [-0.3, -0.25) is 0 Å². The van der Waals surface area contributed by atoms with Gasteiger partial charge in [0.25, 0.3) is 0 Å². The van der Waals surface area contributed by atoms with E-state index in [-0.39, 0.29) is 0 Å². The number of esters is 4. The first-order valence-corrected chi connectivity index (χ1v) is 13.9. The van der Waals surface area contributed by atoms with Crippen LogP contribution in [0.5, 0.6) is 46.0 Å². The lowest BCUT2D eigenvalue weighted by Crippen LogP contribution is -2.44. The fourth-order valence-corrected chi connectivity index (χ4v) is 4.19. The van der Waals surface area contributed by atoms with Crippen molar-refractivity contribution in [3.63, 3.8) is 0 Å². The number of carbonyl (C=O) groups excluding carboxylic acids is 4. The summed E-state index contributed by atoms with van der Waals surface area (Å²) in [5.74, 6) is -9.07. The Balaban J connectivity index is 1.70. The fourth-order valence-electron chi connectivity index (χ4n) is 4.19. The highest BCUT2D eigenvalue weighted by molar-refractivity contribution is 5.95. The van der Waals surface area contributed by atoms with Crippen molar-refractivity contribution < 1.29 is 79.0 Å². The number of ether oxygens (including phenoxy) is 4. The second-order valence-electron chi connectivity index (χ2n) is 10.6. The molecule has 0 radical (unpaired) electrons. The molecule has 0 aliphatic heterocycles. The number of phenols is 8. The molecule has 8 N–H and O–H groups in total. The SMILES string of the molecule is O=C(OCC(COC(=O)c1cc(O)ccc1O)(COC(=O)c1cc(O)ccc1O)COC(=O)c1cc(O)ccc1O)c1cc(O)ccc1O. The maximum atomic E-state index is 13.0. The van der Waals surface area contributed by atoms with Gasteiger partial charge in [-0.15, -0.1) is 0 Å². The summed E-state index contributed by atoms with van der Waals surface area (Å²) in [7, 11) is 0. The number of aromatic hydroxyl groups is 8. The first-order chi connectivity index (χ1) is 23.2. The molecule has 0 aromatic heterocycles. The Morgan fingerprint density at radius 3 is 0.796 bits per heavy atom. The van der Waals surface area contributed by atoms with Gasteiger partial charge in [-0.2, -0.15) is 0 Å². The smallest absolute Gasteiger partial charge is 0.342 e. The van der Waals surface area contributed by atoms with Gasteiger partial charge in [-0.05, 0) is 72.8 Å². The van der Waals surface area contributed by atoms with Crippen LogP contribution >= 0.6 is 0 Å². The molecule has 4 rings (SSSR count). The number of phenolic OH excluding ortho intramolecular Hbond substituents is 8. The van der Waals surface area contributed by atoms with Crippen LogP contribution in [0.1, 0.15) is 41.4 Å². The van der Waals surface area contributed by atoms with Crippen LogP contribution in [0.15, 0.2) is 72.8 Å². The molecule has 0 saturated carbocycles. The van der Waals surface area contributed by atoms with Gasteiger partial charge in [0.2, 0.25) is 0 Å². The molecule has 0 aliphatic carbocycles. The fraction of sp³-hybridized carbons (Fsp3) is 0.152. The third kappa shape index (κ3) is 8.70. The van der Waals surface area contributed by atoms with Crippen LogP contribution in [0.25, 0.3) is 0 Å². The topological polar surface area (TPSA) is 267 Å². The first kappa shape index (κ1) is 35.0. The van der Waals surface area contributed by atoms with E-state index in [1.807, 2.05) is 0 Å². The Bertz CT molecular complexity index is 1620. The highest BCUT2D eigenvalue weighted by atomic mass is 16.6. The zero-order valence-corrected chi connectivity index (χ0v) is 25.1. The highest BCUT2D eigenvalue weighted by Crippen LogP contribution is 2.30. The van der Waals surface area contributed by atoms with Gasteiger partial charge in [0.1, 0.15) is 100 Å². The number of rotatable bonds is 12. The minimum atomic E-state index is -2.05. The summed E-state index contributed by atoms with van der Waals surface area (Å²) in [5.41, 5.74) is -4.11. The molecule has 0 heterocycles. The molecule has 0 amide bonds. The van der Waals surface area contributed by atoms with Crippen molar-refractivity contribution in [3.8, 4) is 46.0 Å². The maximum Gasteiger partial charge on any atom is 0.342 e. The van der Waals surface area contributed by atoms with Crippen molar-refractivity contribution in [3.05, 3.63) is 95.1 Å². The number of hydrogen-bond donors (Lipinski definition) is 8. The van der Waals surface area contributed by atoms with Gasteiger partial charge in [0, 0.05) is 0 Å². The van der Waals surface area contributed by atoms with Gasteiger partial charge >= 0.3 is 23.9 Å². The number of hydrogen-bond acceptors (Lipinski definition) is 16. The number of benzene rings is 4. The van der Waals surface area contributed by atoms with Crippen LogP contribution in [0.4, 0.5) is 0 Å². The Labute approximate surface area is 275 Å². The van der Waals surface area contributed by atoms with E-state index in [0.717, 1.165) is 72.8 Å². The third-order valence-corrected chi connectivity index (χ3v) is 6.84. The van der Waals surface area contributed by atoms with E-state index in [1.54, 1.807) is 0 Å². The summed E-state index contributed by atoms with van der Waals surface area (Å²) < 4.78 is 21.3. The zero-order valence-electron chi connectivity index (χ0n) is 25.1. The van der Waals surface area contributed by atoms with Crippen molar-refractivity contribution in [1.29, 1.82) is 0 Å². The van der Waals surface area contributed by atoms with E-state index in [0.29, 0.717) is 0 Å². The molecule has 0 unspecified atom stereocenters. The van der Waals surface area contributed by atoms with Crippen LogP contribution in [0.2, 0.25) is 0 Å². The highest BCUT2D eigenvalue weighted by Gasteiger charge is 2.39. The van der Waals surface area contributed by atoms with E-state index >= 15 is 0 Å². The Hall–Kier alpha value is -6.84. The average Bonchev–Trinajstić information content (AvgIpc) is 3.07. The predicted molar refractivity (Wildman–Crippen MR) is 163 cm³/mol. The molecule has 0 fully saturated rings. The minimum absolute atomic E-state index is 0.421. The van der Waals surface area contributed by atoms with Crippen LogP contribution < -0.4 is 0 Å². The van der Waals surface area contributed by atoms with Gasteiger partial charge in [-0.25, -0.2) is 19.2 Å². The van der Waals surface area contributed by atoms with Crippen molar-refractivity contribution in [2.75, 3.05) is 26.4 Å². The quantitative estimate of drug-likeness (QED) is 0.0607. The standard InChI is InChI=1S/C33H28O16/c34-17-1-5-25(38)21(9-17)29(42)46-13-33(14-47-30(43)22-10-18(35)2-6-26(22)39,15-48-31(44)23-11-19(36)3-7-27(23)40)16-49-32(45)24-12-20(37)4-8-28(24)41/h1-12,34-41H,13-16H2. The third-order valence-electron chi connectivity index (χ3n) is 6.84. The summed E-state index contributed by atoms with van der Waals surface area (Å²) >= 11 is 0. The first-order valence-electron chi connectivity index (χ1n) is 13.9. The second-order valence-corrected chi connectivity index (χ2v) is 10.6. The van der Waals surface area contributed by atoms with Crippen molar-refractivity contribution in [2.45, 2.75) is 0 Å². The lowest BCUT2D eigenvalue weighted by atomic mass is 9.92. The van der Waals surface area contributed by atoms with Gasteiger partial charge in [0.15, 0.2) is 0 Å². The van der Waals surface area contributed by atoms with Gasteiger partial charge in [-0.1, -0.05) is 0 Å². The second kappa shape index (κ2) is 14.7. The van der Waals surface area contributed by atoms with Crippen LogP contribution in [-0.4, -0.2) is 91.2 Å². The molecule has 0 spiro atoms. The molecule has 256 valence electrons. The van der Waals surface area contributed by atoms with Crippen LogP contribution in [0, 0.1) is 5.41 Å². The molecule has 0 saturated heterocycles. The molecule has 4 aromatic carbocycles. The van der Waals surface area contributed by atoms with E-state index in [4.69, 9.17) is 18.9 Å². The Morgan fingerprint density at radius 2 is 0.592 bits per heavy atom. The largest absolute Gasteiger partial charge is 0.508 e. The molecule has 16 nitrogen and oxygen atoms in total. The molecule has 0 atom stereocenters. The van der Waals surface area contributed by atoms with Gasteiger partial charge in [0.05, 0.1) is 0 Å². The normalized spacial score (nSPS) is 10.9. The maximum absolute atomic E-state index is 13.0. The van der Waals surface area contributed by atoms with E-state index in [2.05, 4.69) is 0 Å². The minimum Gasteiger partial charge on any atom is -0.508 e. The summed E-state index contributed by atoms with van der Waals surface area (Å²) in [6.07, 6.45) is 0. The number of carbonyl (C=O) groups is 4. The molecule has 0 aliphatic rings. The lowest BCUT2D eigenvalue weighted by molar-refractivity contribution is -0.0643. The van der Waals surface area contributed by atoms with Crippen LogP contribution in [-0.2, 0) is 18.9 Å². The predicted octanol–water partition coefficient (Wildman–Crippen LogP) is 3.05. The molecule has 16 heteroatoms. The van der Waals surface area contributed by atoms with Crippen molar-refractivity contribution in [1.82, 2.24) is 0 Å². The summed E-state index contributed by atoms with van der Waals surface area (Å²) in [6.45, 7) is -3.67. The molecule has 4 aromatic rings. The summed E-state index contributed by atoms with van der Waals surface area (Å²) in [6, 6.07) is 11.8. The molecular weight excluding hydrogens is 652 g/mol. The zero-order chi connectivity index (χ0) is 35.9. The Morgan fingerprint density at radius 1 is 0.388 bits per heavy atom. The van der Waals surface area contributed by atoms with Crippen molar-refractivity contribution in [2.24, 2.45) is 5.41 Å². The van der Waals surface area contributed by atoms with Crippen LogP contribution in [0.3, 0.4) is 0 Å². The van der Waals surface area contributed by atoms with E-state index in [1.165, 1.54) is 0 Å². The van der Waals surface area contributed by atoms with Gasteiger partial charge < -0.3 is 59.8 Å². The summed E-state index contributed by atoms with van der Waals surface area (Å²) in [4.78, 5) is 52.0. The molecule has 0 bridgehead atoms.